The van der Waals surface area contributed by atoms with Crippen LogP contribution in [0.2, 0.25) is 139 Å². The minimum absolute atomic E-state index is 0.200. The Bertz CT molecular complexity index is 2420. The predicted octanol–water partition coefficient (Wildman–Crippen LogP) is 9.84. The number of hydrogen-bond donors (Lipinski definition) is 0. The molecule has 11 atom stereocenters. The first-order valence-electron chi connectivity index (χ1n) is 46.0. The first kappa shape index (κ1) is 101. The van der Waals surface area contributed by atoms with Crippen molar-refractivity contribution in [3.8, 4) is 0 Å². The topological polar surface area (TPSA) is 341 Å². The molecule has 0 spiro atoms. The zero-order chi connectivity index (χ0) is 85.1. The molecule has 0 N–H and O–H groups in total. The Labute approximate surface area is 733 Å². The van der Waals surface area contributed by atoms with E-state index in [1.165, 1.54) is 0 Å². The van der Waals surface area contributed by atoms with E-state index in [-0.39, 0.29) is 67.1 Å². The summed E-state index contributed by atoms with van der Waals surface area (Å²) in [6, 6.07) is 8.14. The Balaban J connectivity index is 0.000000225. The second-order valence-corrected chi connectivity index (χ2v) is 76.5. The Morgan fingerprint density at radius 2 is 0.223 bits per heavy atom. The van der Waals surface area contributed by atoms with Crippen molar-refractivity contribution in [2.45, 2.75) is 276 Å². The van der Waals surface area contributed by atoms with E-state index in [1.54, 1.807) is 0 Å². The highest BCUT2D eigenvalue weighted by Crippen LogP contribution is 2.43. The van der Waals surface area contributed by atoms with Gasteiger partial charge in [-0.3, -0.25) is 0 Å². The van der Waals surface area contributed by atoms with Gasteiger partial charge in [-0.25, -0.2) is 0 Å². The van der Waals surface area contributed by atoms with Crippen molar-refractivity contribution < 1.29 is 149 Å². The monoisotopic (exact) mass is 1910 g/mol. The van der Waals surface area contributed by atoms with E-state index in [1.807, 2.05) is 0 Å². The van der Waals surface area contributed by atoms with Crippen LogP contribution < -0.4 is 0 Å². The van der Waals surface area contributed by atoms with Crippen molar-refractivity contribution in [2.24, 2.45) is 0 Å². The molecule has 13 aliphatic rings. The fraction of sp³-hybridized carbons (Fsp3) is 1.00. The van der Waals surface area contributed by atoms with Gasteiger partial charge in [0.25, 0.3) is 0 Å². The molecule has 704 valence electrons. The van der Waals surface area contributed by atoms with Crippen molar-refractivity contribution in [3.63, 3.8) is 0 Å². The summed E-state index contributed by atoms with van der Waals surface area (Å²) < 4.78 is 210. The third-order valence-corrected chi connectivity index (χ3v) is 74.5. The van der Waals surface area contributed by atoms with Gasteiger partial charge in [-0.15, -0.1) is 0 Å². The molecular formula is C77H154O33Si11. The third-order valence-electron chi connectivity index (χ3n) is 22.6. The molecule has 33 nitrogen and oxygen atoms in total. The number of epoxide rings is 11. The maximum atomic E-state index is 7.74. The van der Waals surface area contributed by atoms with E-state index >= 15 is 0 Å². The standard InChI is InChI=1S/C42H84O18Si6.C35H70O15Si5/c1-61(19-7-13-43-25-37-31-49-37)55-62(2,20-8-14-44-26-38-32-50-38)57-64(4,22-10-16-46-28-40-34-52-40)59-66(6,24-12-18-48-30-42-36-54-42)60-65(5,23-11-17-47-29-41-35-53-41)58-63(3,56-61)21-9-15-45-27-39-33-51-39;1-51(16-6-11-36-21-31-26-41-31)46-52(2,17-7-12-37-22-32-27-42-32)48-54(4,19-9-14-39-24-34-29-44-34)50-55(5,20-10-15-40-25-35-30-45-35)49-53(3,47-51)18-8-13-38-23-33-28-43-33/h37-42H,7-36H2,1-6H3;31-35H,6-30H2,1-5H3. The molecule has 121 heavy (non-hydrogen) atoms. The largest absolute Gasteiger partial charge is 0.416 e. The number of rotatable bonds is 66. The summed E-state index contributed by atoms with van der Waals surface area (Å²) >= 11 is 0. The Morgan fingerprint density at radius 1 is 0.149 bits per heavy atom. The van der Waals surface area contributed by atoms with Crippen molar-refractivity contribution in [2.75, 3.05) is 218 Å². The molecule has 0 aromatic heterocycles. The molecule has 0 bridgehead atoms. The van der Waals surface area contributed by atoms with Gasteiger partial charge >= 0.3 is 94.2 Å². The Morgan fingerprint density at radius 3 is 0.289 bits per heavy atom. The SMILES string of the molecule is C[Si]1(CCCOCC2CO2)O[Si](C)(CCCOCC2CO2)O[Si](C)(CCCOCC2CO2)O[Si](C)(CCCOCC2CO2)O[Si](C)(CCCOCC2CO2)O1.C[Si]1(CCCOCC2CO2)O[Si](C)(CCCOCC2CO2)O[Si](C)(CCCOCC2CO2)O[Si](C)(CCCOCC2CO2)O[Si](C)(CCCOCC2CO2)O[Si](C)(CCCOCC2CO2)O1. The minimum Gasteiger partial charge on any atom is -0.416 e. The van der Waals surface area contributed by atoms with Crippen LogP contribution >= 0.6 is 0 Å². The van der Waals surface area contributed by atoms with E-state index in [4.69, 9.17) is 149 Å². The lowest BCUT2D eigenvalue weighted by molar-refractivity contribution is 0.111. The Kier molecular flexibility index (Phi) is 41.2. The molecule has 0 aromatic carbocycles. The minimum atomic E-state index is -3.11. The van der Waals surface area contributed by atoms with E-state index in [2.05, 4.69) is 72.0 Å². The molecule has 44 heteroatoms. The molecule has 13 aliphatic heterocycles. The average molecular weight is 1920 g/mol. The highest BCUT2D eigenvalue weighted by atomic mass is 28.5. The summed E-state index contributed by atoms with van der Waals surface area (Å²) in [4.78, 5) is 0. The summed E-state index contributed by atoms with van der Waals surface area (Å²) in [6.45, 7) is 46.4. The van der Waals surface area contributed by atoms with E-state index < -0.39 is 94.2 Å². The van der Waals surface area contributed by atoms with Crippen LogP contribution in [0, 0.1) is 0 Å². The quantitative estimate of drug-likeness (QED) is 0.0310. The number of hydrogen-bond acceptors (Lipinski definition) is 33. The van der Waals surface area contributed by atoms with E-state index in [9.17, 15) is 0 Å². The van der Waals surface area contributed by atoms with Gasteiger partial charge in [0.05, 0.1) is 145 Å². The highest BCUT2D eigenvalue weighted by Gasteiger charge is 2.60. The van der Waals surface area contributed by atoms with Gasteiger partial charge in [-0.1, -0.05) is 0 Å². The molecule has 0 aromatic rings. The molecule has 13 fully saturated rings. The summed E-state index contributed by atoms with van der Waals surface area (Å²) in [6.07, 6.45) is 11.1. The summed E-state index contributed by atoms with van der Waals surface area (Å²) in [5.74, 6) is 0. The van der Waals surface area contributed by atoms with Gasteiger partial charge in [0.2, 0.25) is 0 Å². The van der Waals surface area contributed by atoms with Crippen LogP contribution in [0.15, 0.2) is 0 Å². The first-order chi connectivity index (χ1) is 58.1. The summed E-state index contributed by atoms with van der Waals surface area (Å²) in [7, 11) is -33.3. The van der Waals surface area contributed by atoms with Gasteiger partial charge < -0.3 is 149 Å². The summed E-state index contributed by atoms with van der Waals surface area (Å²) in [5, 5.41) is 0. The van der Waals surface area contributed by atoms with Crippen LogP contribution in [-0.4, -0.2) is 379 Å². The molecule has 0 saturated carbocycles. The van der Waals surface area contributed by atoms with Crippen molar-refractivity contribution in [1.82, 2.24) is 0 Å². The van der Waals surface area contributed by atoms with Crippen molar-refractivity contribution in [3.05, 3.63) is 0 Å². The molecule has 0 aliphatic carbocycles. The lowest BCUT2D eigenvalue weighted by Crippen LogP contribution is -2.67. The first-order valence-corrected chi connectivity index (χ1v) is 73.7. The van der Waals surface area contributed by atoms with Crippen molar-refractivity contribution >= 4 is 94.2 Å². The average Bonchev–Trinajstić information content (AvgIpc) is 1.54. The second kappa shape index (κ2) is 49.3. The smallest absolute Gasteiger partial charge is 0.317 e. The molecular weight excluding hydrogens is 1760 g/mol. The normalized spacial score (nSPS) is 39.5. The maximum Gasteiger partial charge on any atom is 0.317 e. The molecule has 13 heterocycles. The Hall–Kier alpha value is 1.07. The fourth-order valence-electron chi connectivity index (χ4n) is 16.0. The third kappa shape index (κ3) is 43.3. The van der Waals surface area contributed by atoms with E-state index in [0.29, 0.717) is 182 Å². The maximum absolute atomic E-state index is 7.74. The second-order valence-electron chi connectivity index (χ2n) is 37.1. The lowest BCUT2D eigenvalue weighted by atomic mass is 10.5. The van der Waals surface area contributed by atoms with Gasteiger partial charge in [0.1, 0.15) is 67.1 Å². The molecule has 0 amide bonds. The highest BCUT2D eigenvalue weighted by molar-refractivity contribution is 6.96. The van der Waals surface area contributed by atoms with Gasteiger partial charge in [0.15, 0.2) is 0 Å². The van der Waals surface area contributed by atoms with Crippen LogP contribution in [-0.2, 0) is 149 Å². The molecule has 13 saturated heterocycles. The molecule has 11 unspecified atom stereocenters. The molecule has 0 radical (unpaired) electrons. The van der Waals surface area contributed by atoms with Crippen LogP contribution in [0.5, 0.6) is 0 Å². The van der Waals surface area contributed by atoms with Gasteiger partial charge in [0, 0.05) is 72.7 Å². The lowest BCUT2D eigenvalue weighted by Gasteiger charge is -2.50. The van der Waals surface area contributed by atoms with Crippen LogP contribution in [0.3, 0.4) is 0 Å². The zero-order valence-corrected chi connectivity index (χ0v) is 86.2. The zero-order valence-electron chi connectivity index (χ0n) is 75.2. The van der Waals surface area contributed by atoms with Crippen LogP contribution in [0.4, 0.5) is 0 Å². The molecule has 13 rings (SSSR count). The van der Waals surface area contributed by atoms with Crippen LogP contribution in [0.1, 0.15) is 70.6 Å². The van der Waals surface area contributed by atoms with E-state index in [0.717, 1.165) is 174 Å². The van der Waals surface area contributed by atoms with Gasteiger partial charge in [-0.2, -0.15) is 0 Å². The summed E-state index contributed by atoms with van der Waals surface area (Å²) in [5.41, 5.74) is 0. The van der Waals surface area contributed by atoms with Crippen molar-refractivity contribution in [1.29, 1.82) is 0 Å². The fourth-order valence-corrected chi connectivity index (χ4v) is 79.8. The number of ether oxygens (including phenoxy) is 22. The van der Waals surface area contributed by atoms with Gasteiger partial charge in [-0.05, 0) is 209 Å². The van der Waals surface area contributed by atoms with Crippen LogP contribution in [0.25, 0.3) is 0 Å². The predicted molar refractivity (Wildman–Crippen MR) is 470 cm³/mol.